The van der Waals surface area contributed by atoms with E-state index in [0.29, 0.717) is 15.6 Å². The smallest absolute Gasteiger partial charge is 0.225 e. The summed E-state index contributed by atoms with van der Waals surface area (Å²) in [6.45, 7) is 0. The second-order valence-corrected chi connectivity index (χ2v) is 6.66. The van der Waals surface area contributed by atoms with Gasteiger partial charge in [-0.15, -0.1) is 12.4 Å². The first-order valence-electron chi connectivity index (χ1n) is 7.65. The van der Waals surface area contributed by atoms with Crippen LogP contribution in [0.25, 0.3) is 0 Å². The number of nitrogen functional groups attached to an aromatic ring is 1. The SMILES string of the molecule is Cl.Nc1ccc2c(c1)CCCC2NC(=O)Cc1c(Cl)cccc1Cl. The van der Waals surface area contributed by atoms with Crippen LogP contribution >= 0.6 is 35.6 Å². The number of nitrogens with two attached hydrogens (primary N) is 1. The van der Waals surface area contributed by atoms with Crippen LogP contribution in [0.5, 0.6) is 0 Å². The van der Waals surface area contributed by atoms with Gasteiger partial charge in [-0.05, 0) is 60.2 Å². The number of amides is 1. The molecule has 3 N–H and O–H groups in total. The van der Waals surface area contributed by atoms with Gasteiger partial charge in [0, 0.05) is 15.7 Å². The largest absolute Gasteiger partial charge is 0.399 e. The van der Waals surface area contributed by atoms with Crippen LogP contribution in [-0.4, -0.2) is 5.91 Å². The van der Waals surface area contributed by atoms with Gasteiger partial charge in [0.2, 0.25) is 5.91 Å². The lowest BCUT2D eigenvalue weighted by molar-refractivity contribution is -0.121. The van der Waals surface area contributed by atoms with Gasteiger partial charge < -0.3 is 11.1 Å². The third-order valence-electron chi connectivity index (χ3n) is 4.22. The Balaban J connectivity index is 0.00000208. The molecule has 128 valence electrons. The molecule has 1 unspecified atom stereocenters. The maximum Gasteiger partial charge on any atom is 0.225 e. The number of nitrogens with one attached hydrogen (secondary N) is 1. The van der Waals surface area contributed by atoms with Gasteiger partial charge in [-0.1, -0.05) is 35.3 Å². The van der Waals surface area contributed by atoms with E-state index in [1.807, 2.05) is 18.2 Å². The summed E-state index contributed by atoms with van der Waals surface area (Å²) in [5.74, 6) is -0.0744. The molecule has 2 aromatic rings. The van der Waals surface area contributed by atoms with Gasteiger partial charge in [-0.3, -0.25) is 4.79 Å². The van der Waals surface area contributed by atoms with Crippen molar-refractivity contribution in [2.45, 2.75) is 31.7 Å². The minimum Gasteiger partial charge on any atom is -0.399 e. The van der Waals surface area contributed by atoms with Crippen molar-refractivity contribution in [3.8, 4) is 0 Å². The summed E-state index contributed by atoms with van der Waals surface area (Å²) in [6.07, 6.45) is 3.15. The van der Waals surface area contributed by atoms with E-state index in [1.54, 1.807) is 18.2 Å². The Morgan fingerprint density at radius 2 is 1.92 bits per heavy atom. The Morgan fingerprint density at radius 3 is 2.62 bits per heavy atom. The van der Waals surface area contributed by atoms with E-state index in [2.05, 4.69) is 5.32 Å². The van der Waals surface area contributed by atoms with Crippen LogP contribution in [0.1, 0.15) is 35.6 Å². The molecule has 1 amide bonds. The van der Waals surface area contributed by atoms with E-state index in [9.17, 15) is 4.79 Å². The lowest BCUT2D eigenvalue weighted by Crippen LogP contribution is -2.32. The van der Waals surface area contributed by atoms with Gasteiger partial charge in [-0.2, -0.15) is 0 Å². The van der Waals surface area contributed by atoms with Crippen molar-refractivity contribution < 1.29 is 4.79 Å². The van der Waals surface area contributed by atoms with Crippen LogP contribution < -0.4 is 11.1 Å². The van der Waals surface area contributed by atoms with Crippen molar-refractivity contribution in [3.63, 3.8) is 0 Å². The molecular formula is C18H19Cl3N2O. The molecule has 0 bridgehead atoms. The molecule has 3 rings (SSSR count). The lowest BCUT2D eigenvalue weighted by atomic mass is 9.87. The minimum absolute atomic E-state index is 0. The molecule has 1 aliphatic carbocycles. The Kier molecular flexibility index (Phi) is 6.39. The highest BCUT2D eigenvalue weighted by Gasteiger charge is 2.22. The van der Waals surface area contributed by atoms with Crippen molar-refractivity contribution in [1.82, 2.24) is 5.32 Å². The molecule has 0 heterocycles. The Morgan fingerprint density at radius 1 is 1.21 bits per heavy atom. The first-order chi connectivity index (χ1) is 11.0. The summed E-state index contributed by atoms with van der Waals surface area (Å²) < 4.78 is 0. The lowest BCUT2D eigenvalue weighted by Gasteiger charge is -2.27. The van der Waals surface area contributed by atoms with Crippen molar-refractivity contribution >= 4 is 47.2 Å². The van der Waals surface area contributed by atoms with E-state index < -0.39 is 0 Å². The summed E-state index contributed by atoms with van der Waals surface area (Å²) in [5, 5.41) is 4.14. The zero-order chi connectivity index (χ0) is 16.4. The van der Waals surface area contributed by atoms with Crippen LogP contribution in [0.3, 0.4) is 0 Å². The average Bonchev–Trinajstić information content (AvgIpc) is 2.51. The van der Waals surface area contributed by atoms with E-state index >= 15 is 0 Å². The van der Waals surface area contributed by atoms with Crippen LogP contribution in [0.2, 0.25) is 10.0 Å². The number of anilines is 1. The van der Waals surface area contributed by atoms with E-state index in [1.165, 1.54) is 5.56 Å². The van der Waals surface area contributed by atoms with Crippen LogP contribution in [-0.2, 0) is 17.6 Å². The van der Waals surface area contributed by atoms with Gasteiger partial charge in [0.05, 0.1) is 12.5 Å². The predicted octanol–water partition coefficient (Wildman–Crippen LogP) is 4.73. The predicted molar refractivity (Wildman–Crippen MR) is 102 cm³/mol. The summed E-state index contributed by atoms with van der Waals surface area (Å²) in [5.41, 5.74) is 9.65. The molecule has 0 saturated heterocycles. The Labute approximate surface area is 157 Å². The van der Waals surface area contributed by atoms with Crippen molar-refractivity contribution in [1.29, 1.82) is 0 Å². The monoisotopic (exact) mass is 384 g/mol. The van der Waals surface area contributed by atoms with E-state index in [0.717, 1.165) is 30.5 Å². The number of halogens is 3. The highest BCUT2D eigenvalue weighted by atomic mass is 35.5. The van der Waals surface area contributed by atoms with E-state index in [4.69, 9.17) is 28.9 Å². The average molecular weight is 386 g/mol. The highest BCUT2D eigenvalue weighted by Crippen LogP contribution is 2.31. The quantitative estimate of drug-likeness (QED) is 0.750. The summed E-state index contributed by atoms with van der Waals surface area (Å²) in [6, 6.07) is 11.2. The molecule has 2 aromatic carbocycles. The number of benzene rings is 2. The third kappa shape index (κ3) is 4.15. The van der Waals surface area contributed by atoms with Crippen LogP contribution in [0, 0.1) is 0 Å². The number of carbonyl (C=O) groups excluding carboxylic acids is 1. The molecule has 1 aliphatic rings. The van der Waals surface area contributed by atoms with Gasteiger partial charge in [-0.25, -0.2) is 0 Å². The molecule has 0 aliphatic heterocycles. The summed E-state index contributed by atoms with van der Waals surface area (Å²) in [4.78, 5) is 12.4. The first-order valence-corrected chi connectivity index (χ1v) is 8.41. The molecular weight excluding hydrogens is 367 g/mol. The van der Waals surface area contributed by atoms with Gasteiger partial charge in [0.15, 0.2) is 0 Å². The highest BCUT2D eigenvalue weighted by molar-refractivity contribution is 6.36. The van der Waals surface area contributed by atoms with Crippen molar-refractivity contribution in [3.05, 3.63) is 63.1 Å². The van der Waals surface area contributed by atoms with E-state index in [-0.39, 0.29) is 30.8 Å². The number of hydrogen-bond donors (Lipinski definition) is 2. The van der Waals surface area contributed by atoms with Crippen LogP contribution in [0.4, 0.5) is 5.69 Å². The molecule has 0 spiro atoms. The van der Waals surface area contributed by atoms with Crippen molar-refractivity contribution in [2.24, 2.45) is 0 Å². The maximum absolute atomic E-state index is 12.4. The molecule has 0 radical (unpaired) electrons. The molecule has 3 nitrogen and oxygen atoms in total. The number of rotatable bonds is 3. The number of hydrogen-bond acceptors (Lipinski definition) is 2. The molecule has 1 atom stereocenters. The molecule has 6 heteroatoms. The topological polar surface area (TPSA) is 55.1 Å². The number of carbonyl (C=O) groups is 1. The zero-order valence-corrected chi connectivity index (χ0v) is 15.3. The fourth-order valence-electron chi connectivity index (χ4n) is 3.09. The number of fused-ring (bicyclic) bond motifs is 1. The van der Waals surface area contributed by atoms with Gasteiger partial charge in [0.1, 0.15) is 0 Å². The Hall–Kier alpha value is -1.42. The number of aryl methyl sites for hydroxylation is 1. The molecule has 0 fully saturated rings. The third-order valence-corrected chi connectivity index (χ3v) is 4.92. The molecule has 24 heavy (non-hydrogen) atoms. The summed E-state index contributed by atoms with van der Waals surface area (Å²) >= 11 is 12.3. The second-order valence-electron chi connectivity index (χ2n) is 5.85. The zero-order valence-electron chi connectivity index (χ0n) is 13.0. The van der Waals surface area contributed by atoms with Gasteiger partial charge >= 0.3 is 0 Å². The summed E-state index contributed by atoms with van der Waals surface area (Å²) in [7, 11) is 0. The standard InChI is InChI=1S/C18H18Cl2N2O.ClH/c19-15-4-2-5-16(20)14(15)10-18(23)22-17-6-1-3-11-9-12(21)7-8-13(11)17;/h2,4-5,7-9,17H,1,3,6,10,21H2,(H,22,23);1H. The van der Waals surface area contributed by atoms with Gasteiger partial charge in [0.25, 0.3) is 0 Å². The second kappa shape index (κ2) is 8.11. The Bertz CT molecular complexity index is 729. The fourth-order valence-corrected chi connectivity index (χ4v) is 3.62. The van der Waals surface area contributed by atoms with Crippen LogP contribution in [0.15, 0.2) is 36.4 Å². The normalized spacial score (nSPS) is 16.0. The molecule has 0 saturated carbocycles. The van der Waals surface area contributed by atoms with Crippen molar-refractivity contribution in [2.75, 3.05) is 5.73 Å². The maximum atomic E-state index is 12.4. The minimum atomic E-state index is -0.0744. The first kappa shape index (κ1) is 18.9. The fraction of sp³-hybridized carbons (Fsp3) is 0.278. The molecule has 0 aromatic heterocycles.